The predicted octanol–water partition coefficient (Wildman–Crippen LogP) is 1.81. The van der Waals surface area contributed by atoms with Gasteiger partial charge in [0.15, 0.2) is 5.69 Å². The van der Waals surface area contributed by atoms with Crippen molar-refractivity contribution in [2.45, 2.75) is 37.5 Å². The van der Waals surface area contributed by atoms with Crippen LogP contribution in [-0.4, -0.2) is 59.0 Å². The summed E-state index contributed by atoms with van der Waals surface area (Å²) in [6, 6.07) is 8.78. The lowest BCUT2D eigenvalue weighted by atomic mass is 9.90. The Labute approximate surface area is 147 Å². The van der Waals surface area contributed by atoms with E-state index < -0.39 is 0 Å². The highest BCUT2D eigenvalue weighted by atomic mass is 16.5. The van der Waals surface area contributed by atoms with Crippen LogP contribution in [0.25, 0.3) is 10.9 Å². The second kappa shape index (κ2) is 6.61. The molecule has 0 saturated carbocycles. The van der Waals surface area contributed by atoms with E-state index in [1.165, 1.54) is 0 Å². The molecule has 2 aromatic rings. The van der Waals surface area contributed by atoms with Crippen LogP contribution in [0.2, 0.25) is 0 Å². The van der Waals surface area contributed by atoms with Crippen molar-refractivity contribution in [3.63, 3.8) is 0 Å². The first-order valence-electron chi connectivity index (χ1n) is 8.84. The molecule has 132 valence electrons. The van der Waals surface area contributed by atoms with E-state index in [9.17, 15) is 4.79 Å². The predicted molar refractivity (Wildman–Crippen MR) is 96.6 cm³/mol. The average molecular weight is 340 g/mol. The van der Waals surface area contributed by atoms with Crippen LogP contribution in [0, 0.1) is 0 Å². The lowest BCUT2D eigenvalue weighted by Gasteiger charge is -2.46. The lowest BCUT2D eigenvalue weighted by Crippen LogP contribution is -2.59. The van der Waals surface area contributed by atoms with Crippen molar-refractivity contribution < 1.29 is 9.53 Å². The first kappa shape index (κ1) is 16.3. The highest BCUT2D eigenvalue weighted by Gasteiger charge is 2.37. The number of benzene rings is 1. The summed E-state index contributed by atoms with van der Waals surface area (Å²) >= 11 is 0. The second-order valence-electron chi connectivity index (χ2n) is 6.99. The van der Waals surface area contributed by atoms with Crippen molar-refractivity contribution in [2.75, 3.05) is 20.3 Å². The fourth-order valence-electron chi connectivity index (χ4n) is 4.02. The molecule has 25 heavy (non-hydrogen) atoms. The summed E-state index contributed by atoms with van der Waals surface area (Å²) in [7, 11) is 2.15. The zero-order valence-corrected chi connectivity index (χ0v) is 14.5. The van der Waals surface area contributed by atoms with Gasteiger partial charge in [0.25, 0.3) is 5.91 Å². The van der Waals surface area contributed by atoms with Gasteiger partial charge in [-0.25, -0.2) is 0 Å². The van der Waals surface area contributed by atoms with Crippen LogP contribution in [0.5, 0.6) is 0 Å². The minimum atomic E-state index is -0.0902. The summed E-state index contributed by atoms with van der Waals surface area (Å²) in [5.74, 6) is -0.0902. The molecule has 0 aliphatic carbocycles. The minimum absolute atomic E-state index is 0.0902. The number of nitrogens with one attached hydrogen (secondary N) is 1. The third-order valence-electron chi connectivity index (χ3n) is 5.40. The van der Waals surface area contributed by atoms with Crippen LogP contribution in [0.3, 0.4) is 0 Å². The van der Waals surface area contributed by atoms with Crippen molar-refractivity contribution in [1.82, 2.24) is 20.0 Å². The molecule has 2 fully saturated rings. The van der Waals surface area contributed by atoms with Gasteiger partial charge < -0.3 is 10.1 Å². The number of aromatic nitrogens is 2. The molecule has 2 bridgehead atoms. The van der Waals surface area contributed by atoms with Gasteiger partial charge in [-0.3, -0.25) is 14.4 Å². The van der Waals surface area contributed by atoms with Gasteiger partial charge in [-0.1, -0.05) is 24.3 Å². The van der Waals surface area contributed by atoms with E-state index in [1.807, 2.05) is 28.9 Å². The largest absolute Gasteiger partial charge is 0.378 e. The first-order valence-corrected chi connectivity index (χ1v) is 8.84. The second-order valence-corrected chi connectivity index (χ2v) is 6.99. The maximum atomic E-state index is 12.9. The van der Waals surface area contributed by atoms with E-state index in [1.54, 1.807) is 6.08 Å². The van der Waals surface area contributed by atoms with Gasteiger partial charge in [0, 0.05) is 23.5 Å². The van der Waals surface area contributed by atoms with Gasteiger partial charge in [-0.15, -0.1) is 6.58 Å². The Kier molecular flexibility index (Phi) is 4.31. The molecule has 2 aliphatic heterocycles. The molecule has 0 radical (unpaired) electrons. The summed E-state index contributed by atoms with van der Waals surface area (Å²) in [6.45, 7) is 5.85. The molecule has 0 spiro atoms. The van der Waals surface area contributed by atoms with Gasteiger partial charge in [0.1, 0.15) is 0 Å². The number of piperidine rings is 1. The van der Waals surface area contributed by atoms with Crippen molar-refractivity contribution in [2.24, 2.45) is 0 Å². The summed E-state index contributed by atoms with van der Waals surface area (Å²) in [6.07, 6.45) is 3.63. The summed E-state index contributed by atoms with van der Waals surface area (Å²) in [5, 5.41) is 8.63. The number of fused-ring (bicyclic) bond motifs is 3. The monoisotopic (exact) mass is 340 g/mol. The maximum absolute atomic E-state index is 12.9. The Hall–Kier alpha value is -2.18. The lowest BCUT2D eigenvalue weighted by molar-refractivity contribution is -0.0670. The topological polar surface area (TPSA) is 59.4 Å². The zero-order chi connectivity index (χ0) is 17.4. The number of carbonyl (C=O) groups is 1. The highest BCUT2D eigenvalue weighted by molar-refractivity contribution is 6.05. The molecule has 1 aromatic carbocycles. The number of rotatable bonds is 4. The van der Waals surface area contributed by atoms with Crippen molar-refractivity contribution >= 4 is 16.8 Å². The molecule has 2 unspecified atom stereocenters. The third kappa shape index (κ3) is 2.96. The van der Waals surface area contributed by atoms with E-state index >= 15 is 0 Å². The Morgan fingerprint density at radius 2 is 2.08 bits per heavy atom. The number of morpholine rings is 1. The molecule has 1 aromatic heterocycles. The molecule has 1 amide bonds. The Balaban J connectivity index is 1.55. The van der Waals surface area contributed by atoms with E-state index in [4.69, 9.17) is 4.74 Å². The number of nitrogens with zero attached hydrogens (tertiary/aromatic N) is 3. The summed E-state index contributed by atoms with van der Waals surface area (Å²) in [5.41, 5.74) is 1.46. The fourth-order valence-corrected chi connectivity index (χ4v) is 4.02. The van der Waals surface area contributed by atoms with Gasteiger partial charge in [0.2, 0.25) is 0 Å². The van der Waals surface area contributed by atoms with E-state index in [-0.39, 0.29) is 11.9 Å². The van der Waals surface area contributed by atoms with Crippen LogP contribution in [-0.2, 0) is 11.3 Å². The van der Waals surface area contributed by atoms with Crippen LogP contribution in [0.1, 0.15) is 23.3 Å². The smallest absolute Gasteiger partial charge is 0.272 e. The van der Waals surface area contributed by atoms with Gasteiger partial charge in [-0.2, -0.15) is 5.10 Å². The van der Waals surface area contributed by atoms with Crippen LogP contribution < -0.4 is 5.32 Å². The molecular formula is C19H24N4O2. The molecule has 4 rings (SSSR count). The number of amides is 1. The van der Waals surface area contributed by atoms with E-state index in [0.717, 1.165) is 37.0 Å². The van der Waals surface area contributed by atoms with Crippen LogP contribution in [0.4, 0.5) is 0 Å². The van der Waals surface area contributed by atoms with Gasteiger partial charge in [-0.05, 0) is 26.0 Å². The highest BCUT2D eigenvalue weighted by Crippen LogP contribution is 2.27. The number of ether oxygens (including phenoxy) is 1. The Bertz CT molecular complexity index is 786. The van der Waals surface area contributed by atoms with Crippen LogP contribution >= 0.6 is 0 Å². The Morgan fingerprint density at radius 3 is 2.80 bits per heavy atom. The molecule has 2 atom stereocenters. The SMILES string of the molecule is C=CCn1nc(C(=O)NC2CC3COCC(C2)N3C)c2ccccc21. The van der Waals surface area contributed by atoms with Crippen molar-refractivity contribution in [3.05, 3.63) is 42.6 Å². The number of hydrogen-bond donors (Lipinski definition) is 1. The van der Waals surface area contributed by atoms with Crippen LogP contribution in [0.15, 0.2) is 36.9 Å². The molecule has 1 N–H and O–H groups in total. The summed E-state index contributed by atoms with van der Waals surface area (Å²) < 4.78 is 7.48. The summed E-state index contributed by atoms with van der Waals surface area (Å²) in [4.78, 5) is 15.3. The average Bonchev–Trinajstić information content (AvgIpc) is 2.95. The minimum Gasteiger partial charge on any atom is -0.378 e. The number of likely N-dealkylation sites (N-methyl/N-ethyl adjacent to an activating group) is 1. The number of carbonyl (C=O) groups excluding carboxylic acids is 1. The molecule has 2 saturated heterocycles. The van der Waals surface area contributed by atoms with E-state index in [0.29, 0.717) is 24.3 Å². The van der Waals surface area contributed by atoms with E-state index in [2.05, 4.69) is 28.9 Å². The number of hydrogen-bond acceptors (Lipinski definition) is 4. The number of para-hydroxylation sites is 1. The molecule has 2 aliphatic rings. The maximum Gasteiger partial charge on any atom is 0.272 e. The molecule has 6 heteroatoms. The molecule has 3 heterocycles. The normalized spacial score (nSPS) is 26.5. The fraction of sp³-hybridized carbons (Fsp3) is 0.474. The Morgan fingerprint density at radius 1 is 1.36 bits per heavy atom. The standard InChI is InChI=1S/C19H24N4O2/c1-3-8-23-17-7-5-4-6-16(17)18(21-23)19(24)20-13-9-14-11-25-12-15(10-13)22(14)2/h3-7,13-15H,1,8-12H2,2H3,(H,20,24). The van der Waals surface area contributed by atoms with Crippen molar-refractivity contribution in [1.29, 1.82) is 0 Å². The van der Waals surface area contributed by atoms with Crippen molar-refractivity contribution in [3.8, 4) is 0 Å². The zero-order valence-electron chi connectivity index (χ0n) is 14.5. The molecule has 6 nitrogen and oxygen atoms in total. The third-order valence-corrected chi connectivity index (χ3v) is 5.40. The first-order chi connectivity index (χ1) is 12.2. The van der Waals surface area contributed by atoms with Gasteiger partial charge >= 0.3 is 0 Å². The quantitative estimate of drug-likeness (QED) is 0.863. The number of allylic oxidation sites excluding steroid dienone is 1. The van der Waals surface area contributed by atoms with Gasteiger partial charge in [0.05, 0.1) is 25.3 Å². The molecular weight excluding hydrogens is 316 g/mol.